The van der Waals surface area contributed by atoms with Crippen molar-refractivity contribution in [2.45, 2.75) is 44.9 Å². The van der Waals surface area contributed by atoms with Crippen molar-refractivity contribution < 1.29 is 13.2 Å². The van der Waals surface area contributed by atoms with E-state index in [0.29, 0.717) is 21.9 Å². The number of carbonyl (C=O) groups is 1. The molecule has 30 heavy (non-hydrogen) atoms. The average molecular weight is 445 g/mol. The van der Waals surface area contributed by atoms with Crippen LogP contribution in [0, 0.1) is 13.8 Å². The van der Waals surface area contributed by atoms with Crippen LogP contribution in [0.4, 0.5) is 10.8 Å². The second-order valence-corrected chi connectivity index (χ2v) is 10.7. The molecule has 0 atom stereocenters. The highest BCUT2D eigenvalue weighted by Gasteiger charge is 2.21. The molecule has 0 fully saturated rings. The molecule has 2 N–H and O–H groups in total. The van der Waals surface area contributed by atoms with Gasteiger partial charge < -0.3 is 0 Å². The molecule has 1 aromatic heterocycles. The smallest absolute Gasteiger partial charge is 0.262 e. The van der Waals surface area contributed by atoms with Crippen LogP contribution in [0.5, 0.6) is 0 Å². The Kier molecular flexibility index (Phi) is 5.96. The van der Waals surface area contributed by atoms with Gasteiger partial charge in [-0.2, -0.15) is 0 Å². The van der Waals surface area contributed by atoms with Crippen LogP contribution >= 0.6 is 11.3 Å². The fourth-order valence-corrected chi connectivity index (χ4v) is 4.83. The lowest BCUT2D eigenvalue weighted by molar-refractivity contribution is 0.102. The molecular formula is C21H24N4O3S2. The van der Waals surface area contributed by atoms with Gasteiger partial charge in [0, 0.05) is 16.7 Å². The minimum atomic E-state index is -3.73. The van der Waals surface area contributed by atoms with Gasteiger partial charge in [-0.05, 0) is 55.3 Å². The first-order valence-electron chi connectivity index (χ1n) is 9.31. The highest BCUT2D eigenvalue weighted by atomic mass is 32.2. The Morgan fingerprint density at radius 1 is 1.00 bits per heavy atom. The Hall–Kier alpha value is -2.78. The lowest BCUT2D eigenvalue weighted by Gasteiger charge is -2.12. The summed E-state index contributed by atoms with van der Waals surface area (Å²) in [6.07, 6.45) is 0. The zero-order chi connectivity index (χ0) is 22.1. The van der Waals surface area contributed by atoms with E-state index in [4.69, 9.17) is 0 Å². The van der Waals surface area contributed by atoms with Gasteiger partial charge in [-0.1, -0.05) is 44.2 Å². The van der Waals surface area contributed by atoms with Gasteiger partial charge in [0.1, 0.15) is 5.01 Å². The largest absolute Gasteiger partial charge is 0.296 e. The van der Waals surface area contributed by atoms with E-state index in [-0.39, 0.29) is 16.2 Å². The number of sulfonamides is 1. The molecule has 0 saturated carbocycles. The maximum atomic E-state index is 12.7. The van der Waals surface area contributed by atoms with Gasteiger partial charge in [0.05, 0.1) is 4.90 Å². The van der Waals surface area contributed by atoms with Crippen molar-refractivity contribution in [3.8, 4) is 0 Å². The number of nitrogens with one attached hydrogen (secondary N) is 2. The summed E-state index contributed by atoms with van der Waals surface area (Å²) in [6, 6.07) is 11.5. The number of carbonyl (C=O) groups excluding carboxylic acids is 1. The highest BCUT2D eigenvalue weighted by Crippen LogP contribution is 2.28. The molecule has 2 aromatic carbocycles. The van der Waals surface area contributed by atoms with Crippen molar-refractivity contribution in [3.63, 3.8) is 0 Å². The lowest BCUT2D eigenvalue weighted by Crippen LogP contribution is -2.15. The molecule has 0 saturated heterocycles. The topological polar surface area (TPSA) is 101 Å². The molecule has 3 aromatic rings. The predicted octanol–water partition coefficient (Wildman–Crippen LogP) is 4.51. The van der Waals surface area contributed by atoms with Gasteiger partial charge >= 0.3 is 0 Å². The third-order valence-corrected chi connectivity index (χ3v) is 7.11. The normalized spacial score (nSPS) is 11.9. The standard InChI is InChI=1S/C21H24N4O3S2/c1-13-6-7-14(2)17(12-13)30(27,28)25-16-10-8-15(9-11-16)18(26)22-20-24-23-19(29-20)21(3,4)5/h6-12,25H,1-5H3,(H,22,24,26). The number of aryl methyl sites for hydroxylation is 2. The number of hydrogen-bond donors (Lipinski definition) is 2. The molecule has 158 valence electrons. The van der Waals surface area contributed by atoms with E-state index >= 15 is 0 Å². The summed E-state index contributed by atoms with van der Waals surface area (Å²) in [5.41, 5.74) is 2.14. The molecule has 9 heteroatoms. The van der Waals surface area contributed by atoms with Crippen molar-refractivity contribution in [1.29, 1.82) is 0 Å². The Morgan fingerprint density at radius 3 is 2.27 bits per heavy atom. The maximum Gasteiger partial charge on any atom is 0.262 e. The second kappa shape index (κ2) is 8.16. The Labute approximate surface area is 180 Å². The van der Waals surface area contributed by atoms with Crippen LogP contribution < -0.4 is 10.0 Å². The van der Waals surface area contributed by atoms with Crippen LogP contribution in [0.3, 0.4) is 0 Å². The lowest BCUT2D eigenvalue weighted by atomic mass is 9.98. The average Bonchev–Trinajstić information content (AvgIpc) is 3.13. The summed E-state index contributed by atoms with van der Waals surface area (Å²) in [4.78, 5) is 12.7. The van der Waals surface area contributed by atoms with Crippen LogP contribution in [-0.2, 0) is 15.4 Å². The van der Waals surface area contributed by atoms with Crippen molar-refractivity contribution in [3.05, 3.63) is 64.2 Å². The molecule has 0 aliphatic carbocycles. The van der Waals surface area contributed by atoms with Gasteiger partial charge in [-0.25, -0.2) is 8.42 Å². The van der Waals surface area contributed by atoms with Gasteiger partial charge in [-0.3, -0.25) is 14.8 Å². The second-order valence-electron chi connectivity index (χ2n) is 8.07. The summed E-state index contributed by atoms with van der Waals surface area (Å²) >= 11 is 1.33. The first-order chi connectivity index (χ1) is 14.0. The summed E-state index contributed by atoms with van der Waals surface area (Å²) in [7, 11) is -3.73. The number of nitrogens with zero attached hydrogens (tertiary/aromatic N) is 2. The molecule has 7 nitrogen and oxygen atoms in total. The monoisotopic (exact) mass is 444 g/mol. The zero-order valence-electron chi connectivity index (χ0n) is 17.5. The highest BCUT2D eigenvalue weighted by molar-refractivity contribution is 7.92. The van der Waals surface area contributed by atoms with Crippen molar-refractivity contribution in [2.75, 3.05) is 10.0 Å². The van der Waals surface area contributed by atoms with Crippen molar-refractivity contribution in [1.82, 2.24) is 10.2 Å². The summed E-state index contributed by atoms with van der Waals surface area (Å²) in [5, 5.41) is 12.1. The van der Waals surface area contributed by atoms with E-state index in [1.165, 1.54) is 11.3 Å². The number of rotatable bonds is 5. The van der Waals surface area contributed by atoms with Gasteiger partial charge in [0.15, 0.2) is 0 Å². The molecular weight excluding hydrogens is 420 g/mol. The molecule has 0 aliphatic heterocycles. The Morgan fingerprint density at radius 2 is 1.67 bits per heavy atom. The van der Waals surface area contributed by atoms with Crippen molar-refractivity contribution in [2.24, 2.45) is 0 Å². The number of amides is 1. The van der Waals surface area contributed by atoms with E-state index in [2.05, 4.69) is 20.2 Å². The summed E-state index contributed by atoms with van der Waals surface area (Å²) in [6.45, 7) is 9.67. The van der Waals surface area contributed by atoms with Crippen LogP contribution in [0.15, 0.2) is 47.4 Å². The molecule has 1 heterocycles. The summed E-state index contributed by atoms with van der Waals surface area (Å²) in [5.74, 6) is -0.337. The zero-order valence-corrected chi connectivity index (χ0v) is 19.1. The Bertz CT molecular complexity index is 1180. The molecule has 0 unspecified atom stereocenters. The molecule has 0 spiro atoms. The van der Waals surface area contributed by atoms with Crippen LogP contribution in [0.25, 0.3) is 0 Å². The van der Waals surface area contributed by atoms with Crippen LogP contribution in [0.2, 0.25) is 0 Å². The van der Waals surface area contributed by atoms with Gasteiger partial charge in [0.25, 0.3) is 15.9 Å². The quantitative estimate of drug-likeness (QED) is 0.603. The van der Waals surface area contributed by atoms with E-state index < -0.39 is 10.0 Å². The minimum absolute atomic E-state index is 0.144. The van der Waals surface area contributed by atoms with E-state index in [0.717, 1.165) is 10.6 Å². The molecule has 0 radical (unpaired) electrons. The molecule has 3 rings (SSSR count). The molecule has 0 aliphatic rings. The fourth-order valence-electron chi connectivity index (χ4n) is 2.64. The predicted molar refractivity (Wildman–Crippen MR) is 120 cm³/mol. The fraction of sp³-hybridized carbons (Fsp3) is 0.286. The maximum absolute atomic E-state index is 12.7. The molecule has 1 amide bonds. The Balaban J connectivity index is 1.72. The van der Waals surface area contributed by atoms with Crippen LogP contribution in [-0.4, -0.2) is 24.5 Å². The molecule has 0 bridgehead atoms. The number of aromatic nitrogens is 2. The number of hydrogen-bond acceptors (Lipinski definition) is 6. The van der Waals surface area contributed by atoms with E-state index in [9.17, 15) is 13.2 Å². The first-order valence-corrected chi connectivity index (χ1v) is 11.6. The van der Waals surface area contributed by atoms with E-state index in [1.807, 2.05) is 33.8 Å². The first kappa shape index (κ1) is 21.9. The van der Waals surface area contributed by atoms with Gasteiger partial charge in [0.2, 0.25) is 5.13 Å². The SMILES string of the molecule is Cc1ccc(C)c(S(=O)(=O)Nc2ccc(C(=O)Nc3nnc(C(C)(C)C)s3)cc2)c1. The van der Waals surface area contributed by atoms with Crippen LogP contribution in [0.1, 0.15) is 47.3 Å². The number of anilines is 2. The third-order valence-electron chi connectivity index (χ3n) is 4.32. The van der Waals surface area contributed by atoms with Crippen molar-refractivity contribution >= 4 is 38.1 Å². The summed E-state index contributed by atoms with van der Waals surface area (Å²) < 4.78 is 28.0. The minimum Gasteiger partial charge on any atom is -0.296 e. The van der Waals surface area contributed by atoms with Gasteiger partial charge in [-0.15, -0.1) is 10.2 Å². The number of benzene rings is 2. The van der Waals surface area contributed by atoms with E-state index in [1.54, 1.807) is 43.3 Å². The third kappa shape index (κ3) is 5.03.